The molecule has 1 saturated heterocycles. The third kappa shape index (κ3) is 4.00. The lowest BCUT2D eigenvalue weighted by Crippen LogP contribution is -2.49. The Labute approximate surface area is 141 Å². The molecule has 0 unspecified atom stereocenters. The van der Waals surface area contributed by atoms with Crippen molar-refractivity contribution in [1.29, 1.82) is 0 Å². The molecule has 0 bridgehead atoms. The van der Waals surface area contributed by atoms with Crippen molar-refractivity contribution in [2.45, 2.75) is 38.4 Å². The van der Waals surface area contributed by atoms with Crippen LogP contribution in [0.25, 0.3) is 0 Å². The van der Waals surface area contributed by atoms with Crippen LogP contribution < -0.4 is 5.32 Å². The number of imidazole rings is 1. The van der Waals surface area contributed by atoms with E-state index in [1.54, 1.807) is 18.3 Å². The van der Waals surface area contributed by atoms with Gasteiger partial charge in [-0.25, -0.2) is 9.37 Å². The van der Waals surface area contributed by atoms with Gasteiger partial charge in [-0.3, -0.25) is 9.69 Å². The van der Waals surface area contributed by atoms with Gasteiger partial charge >= 0.3 is 0 Å². The molecular weight excluding hydrogens is 307 g/mol. The molecule has 5 nitrogen and oxygen atoms in total. The van der Waals surface area contributed by atoms with Crippen molar-refractivity contribution >= 4 is 5.91 Å². The predicted molar refractivity (Wildman–Crippen MR) is 89.5 cm³/mol. The summed E-state index contributed by atoms with van der Waals surface area (Å²) in [5, 5.41) is 3.00. The van der Waals surface area contributed by atoms with Gasteiger partial charge in [-0.15, -0.1) is 0 Å². The Morgan fingerprint density at radius 3 is 2.83 bits per heavy atom. The lowest BCUT2D eigenvalue weighted by Gasteiger charge is -2.34. The summed E-state index contributed by atoms with van der Waals surface area (Å²) in [4.78, 5) is 19.0. The minimum Gasteiger partial charge on any atom is -0.348 e. The standard InChI is InChI=1S/C18H23FN4O/c1-22-11-9-20-17(22)12-21-18(24)16-4-2-3-10-23(16)13-14-5-7-15(19)8-6-14/h5-9,11,16H,2-4,10,12-13H2,1H3,(H,21,24)/t16-/m1/s1. The number of likely N-dealkylation sites (tertiary alicyclic amines) is 1. The molecule has 1 atom stereocenters. The minimum atomic E-state index is -0.234. The van der Waals surface area contributed by atoms with Gasteiger partial charge in [0.1, 0.15) is 11.6 Å². The molecule has 1 N–H and O–H groups in total. The third-order valence-corrected chi connectivity index (χ3v) is 4.56. The molecule has 2 heterocycles. The summed E-state index contributed by atoms with van der Waals surface area (Å²) >= 11 is 0. The number of benzene rings is 1. The number of carbonyl (C=O) groups is 1. The molecule has 0 aliphatic carbocycles. The SMILES string of the molecule is Cn1ccnc1CNC(=O)[C@H]1CCCCN1Cc1ccc(F)cc1. The predicted octanol–water partition coefficient (Wildman–Crippen LogP) is 2.23. The maximum Gasteiger partial charge on any atom is 0.237 e. The van der Waals surface area contributed by atoms with Gasteiger partial charge in [0.25, 0.3) is 0 Å². The van der Waals surface area contributed by atoms with Crippen LogP contribution in [0.2, 0.25) is 0 Å². The Balaban J connectivity index is 1.61. The molecule has 6 heteroatoms. The quantitative estimate of drug-likeness (QED) is 0.915. The van der Waals surface area contributed by atoms with Gasteiger partial charge in [0.05, 0.1) is 12.6 Å². The number of aryl methyl sites for hydroxylation is 1. The summed E-state index contributed by atoms with van der Waals surface area (Å²) in [7, 11) is 1.91. The number of hydrogen-bond acceptors (Lipinski definition) is 3. The Kier molecular flexibility index (Phi) is 5.25. The van der Waals surface area contributed by atoms with Crippen LogP contribution >= 0.6 is 0 Å². The van der Waals surface area contributed by atoms with Gasteiger partial charge in [-0.1, -0.05) is 18.6 Å². The molecule has 0 spiro atoms. The molecular formula is C18H23FN4O. The van der Waals surface area contributed by atoms with Crippen LogP contribution in [0.1, 0.15) is 30.7 Å². The van der Waals surface area contributed by atoms with E-state index in [9.17, 15) is 9.18 Å². The van der Waals surface area contributed by atoms with Gasteiger partial charge < -0.3 is 9.88 Å². The van der Waals surface area contributed by atoms with Gasteiger partial charge in [0, 0.05) is 26.0 Å². The highest BCUT2D eigenvalue weighted by Gasteiger charge is 2.28. The smallest absolute Gasteiger partial charge is 0.237 e. The van der Waals surface area contributed by atoms with Crippen LogP contribution in [-0.4, -0.2) is 32.9 Å². The van der Waals surface area contributed by atoms with Gasteiger partial charge in [0.15, 0.2) is 0 Å². The maximum absolute atomic E-state index is 13.1. The number of halogens is 1. The molecule has 0 saturated carbocycles. The summed E-state index contributed by atoms with van der Waals surface area (Å²) < 4.78 is 15.0. The van der Waals surface area contributed by atoms with Crippen molar-refractivity contribution in [3.63, 3.8) is 0 Å². The number of carbonyl (C=O) groups excluding carboxylic acids is 1. The second-order valence-corrected chi connectivity index (χ2v) is 6.28. The Morgan fingerprint density at radius 1 is 1.33 bits per heavy atom. The Morgan fingerprint density at radius 2 is 2.12 bits per heavy atom. The Bertz CT molecular complexity index is 683. The zero-order chi connectivity index (χ0) is 16.9. The first-order valence-corrected chi connectivity index (χ1v) is 8.36. The molecule has 24 heavy (non-hydrogen) atoms. The van der Waals surface area contributed by atoms with Crippen molar-refractivity contribution in [2.24, 2.45) is 7.05 Å². The summed E-state index contributed by atoms with van der Waals surface area (Å²) in [6, 6.07) is 6.37. The van der Waals surface area contributed by atoms with E-state index in [4.69, 9.17) is 0 Å². The average Bonchev–Trinajstić information content (AvgIpc) is 3.00. The van der Waals surface area contributed by atoms with Gasteiger partial charge in [0.2, 0.25) is 5.91 Å². The zero-order valence-electron chi connectivity index (χ0n) is 13.9. The summed E-state index contributed by atoms with van der Waals surface area (Å²) in [5.41, 5.74) is 1.03. The molecule has 1 aliphatic heterocycles. The van der Waals surface area contributed by atoms with E-state index in [-0.39, 0.29) is 17.8 Å². The fourth-order valence-electron chi connectivity index (χ4n) is 3.15. The third-order valence-electron chi connectivity index (χ3n) is 4.56. The minimum absolute atomic E-state index is 0.0415. The van der Waals surface area contributed by atoms with E-state index in [1.165, 1.54) is 12.1 Å². The molecule has 3 rings (SSSR count). The molecule has 1 aromatic heterocycles. The Hall–Kier alpha value is -2.21. The highest BCUT2D eigenvalue weighted by atomic mass is 19.1. The maximum atomic E-state index is 13.1. The average molecular weight is 330 g/mol. The highest BCUT2D eigenvalue weighted by Crippen LogP contribution is 2.20. The molecule has 0 radical (unpaired) electrons. The lowest BCUT2D eigenvalue weighted by atomic mass is 10.0. The summed E-state index contributed by atoms with van der Waals surface area (Å²) in [5.74, 6) is 0.644. The molecule has 1 fully saturated rings. The fraction of sp³-hybridized carbons (Fsp3) is 0.444. The van der Waals surface area contributed by atoms with E-state index < -0.39 is 0 Å². The topological polar surface area (TPSA) is 50.2 Å². The van der Waals surface area contributed by atoms with Crippen LogP contribution in [0.4, 0.5) is 4.39 Å². The number of hydrogen-bond donors (Lipinski definition) is 1. The van der Waals surface area contributed by atoms with Gasteiger partial charge in [-0.2, -0.15) is 0 Å². The number of amides is 1. The molecule has 1 aliphatic rings. The number of aromatic nitrogens is 2. The van der Waals surface area contributed by atoms with E-state index in [0.29, 0.717) is 13.1 Å². The first-order chi connectivity index (χ1) is 11.6. The summed E-state index contributed by atoms with van der Waals surface area (Å²) in [6.07, 6.45) is 6.59. The van der Waals surface area contributed by atoms with Crippen LogP contribution in [0, 0.1) is 5.82 Å². The zero-order valence-corrected chi connectivity index (χ0v) is 13.9. The van der Waals surface area contributed by atoms with Crippen molar-refractivity contribution in [2.75, 3.05) is 6.54 Å². The van der Waals surface area contributed by atoms with Gasteiger partial charge in [-0.05, 0) is 37.1 Å². The van der Waals surface area contributed by atoms with Crippen LogP contribution in [-0.2, 0) is 24.9 Å². The number of nitrogens with zero attached hydrogens (tertiary/aromatic N) is 3. The van der Waals surface area contributed by atoms with E-state index >= 15 is 0 Å². The van der Waals surface area contributed by atoms with E-state index in [2.05, 4.69) is 15.2 Å². The van der Waals surface area contributed by atoms with Crippen molar-refractivity contribution in [1.82, 2.24) is 19.8 Å². The fourth-order valence-corrected chi connectivity index (χ4v) is 3.15. The first-order valence-electron chi connectivity index (χ1n) is 8.36. The molecule has 1 amide bonds. The van der Waals surface area contributed by atoms with E-state index in [0.717, 1.165) is 37.2 Å². The van der Waals surface area contributed by atoms with Crippen LogP contribution in [0.3, 0.4) is 0 Å². The second kappa shape index (κ2) is 7.57. The number of rotatable bonds is 5. The highest BCUT2D eigenvalue weighted by molar-refractivity contribution is 5.81. The largest absolute Gasteiger partial charge is 0.348 e. The first kappa shape index (κ1) is 16.6. The molecule has 1 aromatic carbocycles. The molecule has 2 aromatic rings. The summed E-state index contributed by atoms with van der Waals surface area (Å²) in [6.45, 7) is 1.99. The number of piperidine rings is 1. The van der Waals surface area contributed by atoms with Crippen LogP contribution in [0.15, 0.2) is 36.7 Å². The number of nitrogens with one attached hydrogen (secondary N) is 1. The normalized spacial score (nSPS) is 18.5. The second-order valence-electron chi connectivity index (χ2n) is 6.28. The molecule has 128 valence electrons. The van der Waals surface area contributed by atoms with Crippen molar-refractivity contribution < 1.29 is 9.18 Å². The van der Waals surface area contributed by atoms with Crippen molar-refractivity contribution in [3.05, 3.63) is 53.9 Å². The van der Waals surface area contributed by atoms with Crippen molar-refractivity contribution in [3.8, 4) is 0 Å². The van der Waals surface area contributed by atoms with Crippen LogP contribution in [0.5, 0.6) is 0 Å². The van der Waals surface area contributed by atoms with E-state index in [1.807, 2.05) is 17.8 Å². The lowest BCUT2D eigenvalue weighted by molar-refractivity contribution is -0.128. The monoisotopic (exact) mass is 330 g/mol.